The van der Waals surface area contributed by atoms with Crippen molar-refractivity contribution in [3.8, 4) is 0 Å². The second kappa shape index (κ2) is 8.05. The Morgan fingerprint density at radius 1 is 0.966 bits per heavy atom. The molecule has 29 heavy (non-hydrogen) atoms. The lowest BCUT2D eigenvalue weighted by Crippen LogP contribution is -2.24. The average molecular weight is 405 g/mol. The van der Waals surface area contributed by atoms with E-state index in [9.17, 15) is 4.79 Å². The van der Waals surface area contributed by atoms with Crippen LogP contribution in [0.1, 0.15) is 56.0 Å². The van der Waals surface area contributed by atoms with Gasteiger partial charge in [-0.15, -0.1) is 10.2 Å². The monoisotopic (exact) mass is 404 g/mol. The summed E-state index contributed by atoms with van der Waals surface area (Å²) in [5, 5.41) is 16.2. The van der Waals surface area contributed by atoms with Crippen LogP contribution in [0.3, 0.4) is 0 Å². The highest BCUT2D eigenvalue weighted by Gasteiger charge is 2.15. The van der Waals surface area contributed by atoms with Gasteiger partial charge in [0.05, 0.1) is 0 Å². The van der Waals surface area contributed by atoms with E-state index >= 15 is 0 Å². The van der Waals surface area contributed by atoms with Gasteiger partial charge in [-0.3, -0.25) is 10.1 Å². The van der Waals surface area contributed by atoms with Crippen molar-refractivity contribution < 1.29 is 4.79 Å². The van der Waals surface area contributed by atoms with Crippen LogP contribution in [0.15, 0.2) is 36.4 Å². The maximum absolute atomic E-state index is 12.6. The third kappa shape index (κ3) is 4.09. The lowest BCUT2D eigenvalue weighted by Gasteiger charge is -2.17. The quantitative estimate of drug-likeness (QED) is 0.692. The molecule has 1 aliphatic carbocycles. The van der Waals surface area contributed by atoms with Crippen molar-refractivity contribution in [2.45, 2.75) is 45.1 Å². The van der Waals surface area contributed by atoms with Crippen LogP contribution < -0.4 is 10.6 Å². The normalized spacial score (nSPS) is 15.4. The molecule has 0 saturated heterocycles. The van der Waals surface area contributed by atoms with Gasteiger partial charge < -0.3 is 5.32 Å². The SMILES string of the molecule is O=C(Nc1nnc(Cc2ccc3c(c2)CCCC3)s1)c1ccc2c(c1)CCNC2. The molecule has 1 amide bonds. The van der Waals surface area contributed by atoms with Crippen LogP contribution in [-0.2, 0) is 32.2 Å². The van der Waals surface area contributed by atoms with Crippen LogP contribution in [0.25, 0.3) is 0 Å². The van der Waals surface area contributed by atoms with E-state index in [-0.39, 0.29) is 5.91 Å². The number of carbonyl (C=O) groups is 1. The maximum Gasteiger partial charge on any atom is 0.257 e. The number of fused-ring (bicyclic) bond motifs is 2. The summed E-state index contributed by atoms with van der Waals surface area (Å²) in [5.74, 6) is -0.122. The molecule has 2 heterocycles. The number of anilines is 1. The number of rotatable bonds is 4. The summed E-state index contributed by atoms with van der Waals surface area (Å²) >= 11 is 1.45. The molecule has 5 nitrogen and oxygen atoms in total. The number of nitrogens with zero attached hydrogens (tertiary/aromatic N) is 2. The van der Waals surface area contributed by atoms with Crippen LogP contribution in [0.2, 0.25) is 0 Å². The Balaban J connectivity index is 1.26. The number of amides is 1. The molecule has 3 aromatic rings. The molecular weight excluding hydrogens is 380 g/mol. The van der Waals surface area contributed by atoms with E-state index in [1.807, 2.05) is 18.2 Å². The Bertz CT molecular complexity index is 1060. The summed E-state index contributed by atoms with van der Waals surface area (Å²) in [6.07, 6.45) is 6.67. The third-order valence-electron chi connectivity index (χ3n) is 5.81. The molecule has 5 rings (SSSR count). The molecule has 148 valence electrons. The molecule has 2 aromatic carbocycles. The van der Waals surface area contributed by atoms with Crippen molar-refractivity contribution in [3.63, 3.8) is 0 Å². The highest BCUT2D eigenvalue weighted by atomic mass is 32.1. The molecule has 0 radical (unpaired) electrons. The minimum atomic E-state index is -0.122. The van der Waals surface area contributed by atoms with Gasteiger partial charge in [0.15, 0.2) is 0 Å². The van der Waals surface area contributed by atoms with Gasteiger partial charge in [-0.25, -0.2) is 0 Å². The van der Waals surface area contributed by atoms with Gasteiger partial charge in [-0.2, -0.15) is 0 Å². The number of hydrogen-bond acceptors (Lipinski definition) is 5. The Kier molecular flexibility index (Phi) is 5.12. The van der Waals surface area contributed by atoms with Gasteiger partial charge in [0.1, 0.15) is 5.01 Å². The standard InChI is InChI=1S/C23H24N4OS/c28-22(19-7-8-20-14-24-10-9-18(20)13-19)25-23-27-26-21(29-23)12-15-5-6-16-3-1-2-4-17(16)11-15/h5-8,11,13,24H,1-4,9-10,12,14H2,(H,25,27,28). The fourth-order valence-electron chi connectivity index (χ4n) is 4.23. The highest BCUT2D eigenvalue weighted by Crippen LogP contribution is 2.25. The third-order valence-corrected chi connectivity index (χ3v) is 6.65. The smallest absolute Gasteiger partial charge is 0.257 e. The molecular formula is C23H24N4OS. The lowest BCUT2D eigenvalue weighted by atomic mass is 9.90. The Hall–Kier alpha value is -2.57. The first-order chi connectivity index (χ1) is 14.2. The number of carbonyl (C=O) groups excluding carboxylic acids is 1. The Labute approximate surface area is 174 Å². The molecule has 0 spiro atoms. The van der Waals surface area contributed by atoms with Gasteiger partial charge in [0.25, 0.3) is 5.91 Å². The second-order valence-electron chi connectivity index (χ2n) is 7.85. The van der Waals surface area contributed by atoms with Gasteiger partial charge in [-0.1, -0.05) is 35.6 Å². The van der Waals surface area contributed by atoms with E-state index < -0.39 is 0 Å². The molecule has 0 unspecified atom stereocenters. The fourth-order valence-corrected chi connectivity index (χ4v) is 5.00. The van der Waals surface area contributed by atoms with E-state index in [0.717, 1.165) is 30.9 Å². The molecule has 0 atom stereocenters. The first-order valence-electron chi connectivity index (χ1n) is 10.3. The average Bonchev–Trinajstić information content (AvgIpc) is 3.20. The highest BCUT2D eigenvalue weighted by molar-refractivity contribution is 7.15. The zero-order valence-corrected chi connectivity index (χ0v) is 17.1. The number of hydrogen-bond donors (Lipinski definition) is 2. The lowest BCUT2D eigenvalue weighted by molar-refractivity contribution is 0.102. The van der Waals surface area contributed by atoms with E-state index in [1.54, 1.807) is 0 Å². The number of benzene rings is 2. The van der Waals surface area contributed by atoms with Crippen molar-refractivity contribution >= 4 is 22.4 Å². The van der Waals surface area contributed by atoms with Crippen LogP contribution >= 0.6 is 11.3 Å². The van der Waals surface area contributed by atoms with E-state index in [4.69, 9.17) is 0 Å². The first kappa shape index (κ1) is 18.5. The van der Waals surface area contributed by atoms with Crippen LogP contribution in [0.4, 0.5) is 5.13 Å². The Morgan fingerprint density at radius 2 is 1.79 bits per heavy atom. The van der Waals surface area contributed by atoms with E-state index in [0.29, 0.717) is 10.7 Å². The Morgan fingerprint density at radius 3 is 2.72 bits per heavy atom. The zero-order valence-electron chi connectivity index (χ0n) is 16.3. The summed E-state index contributed by atoms with van der Waals surface area (Å²) in [6, 6.07) is 12.7. The van der Waals surface area contributed by atoms with E-state index in [1.165, 1.54) is 64.8 Å². The maximum atomic E-state index is 12.6. The molecule has 0 saturated carbocycles. The predicted octanol–water partition coefficient (Wildman–Crippen LogP) is 3.91. The largest absolute Gasteiger partial charge is 0.312 e. The molecule has 0 fully saturated rings. The predicted molar refractivity (Wildman–Crippen MR) is 116 cm³/mol. The van der Waals surface area contributed by atoms with E-state index in [2.05, 4.69) is 39.0 Å². The van der Waals surface area contributed by atoms with Gasteiger partial charge >= 0.3 is 0 Å². The van der Waals surface area contributed by atoms with Crippen LogP contribution in [-0.4, -0.2) is 22.6 Å². The molecule has 1 aromatic heterocycles. The summed E-state index contributed by atoms with van der Waals surface area (Å²) in [5.41, 5.74) is 7.44. The number of aryl methyl sites for hydroxylation is 2. The number of aromatic nitrogens is 2. The topological polar surface area (TPSA) is 66.9 Å². The van der Waals surface area contributed by atoms with Crippen molar-refractivity contribution in [2.75, 3.05) is 11.9 Å². The fraction of sp³-hybridized carbons (Fsp3) is 0.348. The molecule has 2 N–H and O–H groups in total. The number of nitrogens with one attached hydrogen (secondary N) is 2. The van der Waals surface area contributed by atoms with Crippen molar-refractivity contribution in [1.82, 2.24) is 15.5 Å². The van der Waals surface area contributed by atoms with Crippen molar-refractivity contribution in [2.24, 2.45) is 0 Å². The molecule has 2 aliphatic rings. The van der Waals surface area contributed by atoms with Gasteiger partial charge in [0.2, 0.25) is 5.13 Å². The second-order valence-corrected chi connectivity index (χ2v) is 8.91. The minimum Gasteiger partial charge on any atom is -0.312 e. The zero-order chi connectivity index (χ0) is 19.6. The van der Waals surface area contributed by atoms with Crippen LogP contribution in [0.5, 0.6) is 0 Å². The molecule has 6 heteroatoms. The summed E-state index contributed by atoms with van der Waals surface area (Å²) < 4.78 is 0. The molecule has 0 bridgehead atoms. The van der Waals surface area contributed by atoms with Crippen LogP contribution in [0, 0.1) is 0 Å². The summed E-state index contributed by atoms with van der Waals surface area (Å²) in [4.78, 5) is 12.6. The van der Waals surface area contributed by atoms with Crippen molar-refractivity contribution in [1.29, 1.82) is 0 Å². The molecule has 1 aliphatic heterocycles. The first-order valence-corrected chi connectivity index (χ1v) is 11.1. The summed E-state index contributed by atoms with van der Waals surface area (Å²) in [6.45, 7) is 1.83. The minimum absolute atomic E-state index is 0.122. The summed E-state index contributed by atoms with van der Waals surface area (Å²) in [7, 11) is 0. The van der Waals surface area contributed by atoms with Gasteiger partial charge in [0, 0.05) is 18.5 Å². The van der Waals surface area contributed by atoms with Gasteiger partial charge in [-0.05, 0) is 78.6 Å². The van der Waals surface area contributed by atoms with Crippen molar-refractivity contribution in [3.05, 3.63) is 74.8 Å².